The molecule has 1 aliphatic rings. The van der Waals surface area contributed by atoms with Gasteiger partial charge in [0.15, 0.2) is 0 Å². The van der Waals surface area contributed by atoms with Gasteiger partial charge in [0.25, 0.3) is 12.9 Å². The molecule has 5 nitrogen and oxygen atoms in total. The minimum absolute atomic E-state index is 0.0367. The minimum atomic E-state index is -2.89. The first-order valence-electron chi connectivity index (χ1n) is 8.78. The van der Waals surface area contributed by atoms with E-state index >= 15 is 0 Å². The fourth-order valence-electron chi connectivity index (χ4n) is 2.99. The van der Waals surface area contributed by atoms with Crippen LogP contribution in [0.4, 0.5) is 17.6 Å². The van der Waals surface area contributed by atoms with Crippen LogP contribution in [-0.4, -0.2) is 35.3 Å². The standard InChI is InChI=1S/C19H21F4N3O2/c1-19(24,7-11-8-27-9-11)10-28-15-3-2-13(26-16(15)18(22)23)12-4-5-25-14(6-12)17(20)21/h2-6,11,17-18H,7-10,24H2,1H3/t19-/m0/s1. The molecule has 0 amide bonds. The van der Waals surface area contributed by atoms with Gasteiger partial charge in [0.05, 0.1) is 18.9 Å². The Kier molecular flexibility index (Phi) is 6.14. The molecule has 0 aliphatic carbocycles. The average molecular weight is 399 g/mol. The molecule has 3 rings (SSSR count). The Morgan fingerprint density at radius 1 is 1.21 bits per heavy atom. The number of hydrogen-bond donors (Lipinski definition) is 1. The molecule has 2 aromatic heterocycles. The molecule has 2 aromatic rings. The molecule has 9 heteroatoms. The van der Waals surface area contributed by atoms with Crippen LogP contribution in [0.2, 0.25) is 0 Å². The predicted octanol–water partition coefficient (Wildman–Crippen LogP) is 4.15. The molecule has 0 unspecified atom stereocenters. The number of hydrogen-bond acceptors (Lipinski definition) is 5. The van der Waals surface area contributed by atoms with Crippen LogP contribution < -0.4 is 10.5 Å². The molecule has 1 saturated heterocycles. The summed E-state index contributed by atoms with van der Waals surface area (Å²) in [4.78, 5) is 7.48. The highest BCUT2D eigenvalue weighted by atomic mass is 19.3. The summed E-state index contributed by atoms with van der Waals surface area (Å²) in [6.45, 7) is 3.10. The zero-order valence-electron chi connectivity index (χ0n) is 15.2. The van der Waals surface area contributed by atoms with Crippen molar-refractivity contribution in [2.24, 2.45) is 11.7 Å². The zero-order valence-corrected chi connectivity index (χ0v) is 15.2. The van der Waals surface area contributed by atoms with Crippen molar-refractivity contribution in [2.45, 2.75) is 31.7 Å². The monoisotopic (exact) mass is 399 g/mol. The average Bonchev–Trinajstić information content (AvgIpc) is 2.63. The van der Waals surface area contributed by atoms with Gasteiger partial charge in [-0.15, -0.1) is 0 Å². The molecule has 1 aliphatic heterocycles. The highest BCUT2D eigenvalue weighted by Crippen LogP contribution is 2.32. The van der Waals surface area contributed by atoms with Crippen LogP contribution in [0.15, 0.2) is 30.5 Å². The number of nitrogens with two attached hydrogens (primary N) is 1. The lowest BCUT2D eigenvalue weighted by Gasteiger charge is -2.34. The quantitative estimate of drug-likeness (QED) is 0.676. The first-order valence-corrected chi connectivity index (χ1v) is 8.78. The maximum atomic E-state index is 13.5. The second kappa shape index (κ2) is 8.40. The van der Waals surface area contributed by atoms with Crippen molar-refractivity contribution in [3.63, 3.8) is 0 Å². The van der Waals surface area contributed by atoms with Gasteiger partial charge in [-0.1, -0.05) is 0 Å². The maximum Gasteiger partial charge on any atom is 0.284 e. The van der Waals surface area contributed by atoms with Crippen LogP contribution >= 0.6 is 0 Å². The maximum absolute atomic E-state index is 13.5. The van der Waals surface area contributed by atoms with Crippen molar-refractivity contribution in [3.05, 3.63) is 41.9 Å². The molecule has 0 saturated carbocycles. The van der Waals surface area contributed by atoms with Crippen LogP contribution in [0.1, 0.15) is 37.6 Å². The Bertz CT molecular complexity index is 814. The number of pyridine rings is 2. The molecule has 0 bridgehead atoms. The molecule has 2 N–H and O–H groups in total. The highest BCUT2D eigenvalue weighted by Gasteiger charge is 2.30. The lowest BCUT2D eigenvalue weighted by molar-refractivity contribution is -0.0467. The number of aromatic nitrogens is 2. The Morgan fingerprint density at radius 2 is 1.96 bits per heavy atom. The highest BCUT2D eigenvalue weighted by molar-refractivity contribution is 5.60. The topological polar surface area (TPSA) is 70.3 Å². The summed E-state index contributed by atoms with van der Waals surface area (Å²) in [7, 11) is 0. The number of ether oxygens (including phenoxy) is 2. The molecule has 1 fully saturated rings. The lowest BCUT2D eigenvalue weighted by Crippen LogP contribution is -2.47. The lowest BCUT2D eigenvalue weighted by atomic mass is 9.89. The van der Waals surface area contributed by atoms with E-state index in [9.17, 15) is 17.6 Å². The van der Waals surface area contributed by atoms with Crippen LogP contribution in [0, 0.1) is 5.92 Å². The van der Waals surface area contributed by atoms with Gasteiger partial charge in [-0.3, -0.25) is 4.98 Å². The summed E-state index contributed by atoms with van der Waals surface area (Å²) in [5.41, 5.74) is 4.89. The van der Waals surface area contributed by atoms with Gasteiger partial charge in [-0.25, -0.2) is 22.5 Å². The third kappa shape index (κ3) is 4.96. The van der Waals surface area contributed by atoms with Crippen molar-refractivity contribution < 1.29 is 27.0 Å². The van der Waals surface area contributed by atoms with Gasteiger partial charge in [0.2, 0.25) is 0 Å². The van der Waals surface area contributed by atoms with E-state index in [1.165, 1.54) is 24.4 Å². The van der Waals surface area contributed by atoms with E-state index in [2.05, 4.69) is 9.97 Å². The third-order valence-electron chi connectivity index (χ3n) is 4.41. The first kappa shape index (κ1) is 20.5. The van der Waals surface area contributed by atoms with Crippen LogP contribution in [0.3, 0.4) is 0 Å². The third-order valence-corrected chi connectivity index (χ3v) is 4.41. The van der Waals surface area contributed by atoms with E-state index < -0.39 is 29.8 Å². The number of alkyl halides is 4. The molecule has 1 atom stereocenters. The molecule has 0 aromatic carbocycles. The van der Waals surface area contributed by atoms with Gasteiger partial charge >= 0.3 is 0 Å². The molecular weight excluding hydrogens is 378 g/mol. The largest absolute Gasteiger partial charge is 0.490 e. The van der Waals surface area contributed by atoms with E-state index in [4.69, 9.17) is 15.2 Å². The molecular formula is C19H21F4N3O2. The predicted molar refractivity (Wildman–Crippen MR) is 94.4 cm³/mol. The van der Waals surface area contributed by atoms with Gasteiger partial charge in [-0.2, -0.15) is 0 Å². The van der Waals surface area contributed by atoms with Crippen LogP contribution in [-0.2, 0) is 4.74 Å². The molecule has 3 heterocycles. The summed E-state index contributed by atoms with van der Waals surface area (Å²) >= 11 is 0. The summed E-state index contributed by atoms with van der Waals surface area (Å²) in [6, 6.07) is 5.36. The summed E-state index contributed by atoms with van der Waals surface area (Å²) in [5, 5.41) is 0. The first-order chi connectivity index (χ1) is 13.2. The van der Waals surface area contributed by atoms with E-state index in [1.54, 1.807) is 6.92 Å². The number of rotatable bonds is 8. The molecule has 0 spiro atoms. The Labute approximate surface area is 159 Å². The van der Waals surface area contributed by atoms with E-state index in [1.807, 2.05) is 0 Å². The SMILES string of the molecule is C[C@@](N)(COc1ccc(-c2ccnc(C(F)F)c2)nc1C(F)F)CC1COC1. The second-order valence-corrected chi connectivity index (χ2v) is 7.20. The fourth-order valence-corrected chi connectivity index (χ4v) is 2.99. The fraction of sp³-hybridized carbons (Fsp3) is 0.474. The van der Waals surface area contributed by atoms with Crippen molar-refractivity contribution in [2.75, 3.05) is 19.8 Å². The Hall–Kier alpha value is -2.26. The van der Waals surface area contributed by atoms with Gasteiger partial charge < -0.3 is 15.2 Å². The molecule has 0 radical (unpaired) electrons. The Balaban J connectivity index is 1.78. The number of halogens is 4. The van der Waals surface area contributed by atoms with Crippen molar-refractivity contribution in [1.82, 2.24) is 9.97 Å². The second-order valence-electron chi connectivity index (χ2n) is 7.20. The summed E-state index contributed by atoms with van der Waals surface area (Å²) < 4.78 is 63.3. The van der Waals surface area contributed by atoms with E-state index in [0.717, 1.165) is 6.07 Å². The van der Waals surface area contributed by atoms with Crippen molar-refractivity contribution in [1.29, 1.82) is 0 Å². The van der Waals surface area contributed by atoms with E-state index in [-0.39, 0.29) is 23.6 Å². The normalized spacial score (nSPS) is 16.9. The molecule has 28 heavy (non-hydrogen) atoms. The van der Waals surface area contributed by atoms with Crippen LogP contribution in [0.25, 0.3) is 11.3 Å². The zero-order chi connectivity index (χ0) is 20.3. The molecule has 152 valence electrons. The summed E-state index contributed by atoms with van der Waals surface area (Å²) in [6.07, 6.45) is -3.82. The summed E-state index contributed by atoms with van der Waals surface area (Å²) in [5.74, 6) is 0.257. The van der Waals surface area contributed by atoms with Crippen molar-refractivity contribution in [3.8, 4) is 17.0 Å². The van der Waals surface area contributed by atoms with E-state index in [0.29, 0.717) is 25.6 Å². The van der Waals surface area contributed by atoms with Gasteiger partial charge in [0, 0.05) is 23.2 Å². The van der Waals surface area contributed by atoms with Crippen molar-refractivity contribution >= 4 is 0 Å². The minimum Gasteiger partial charge on any atom is -0.490 e. The van der Waals surface area contributed by atoms with Crippen LogP contribution in [0.5, 0.6) is 5.75 Å². The smallest absolute Gasteiger partial charge is 0.284 e. The van der Waals surface area contributed by atoms with Gasteiger partial charge in [0.1, 0.15) is 23.7 Å². The Morgan fingerprint density at radius 3 is 2.57 bits per heavy atom. The van der Waals surface area contributed by atoms with Gasteiger partial charge in [-0.05, 0) is 37.6 Å². The number of nitrogens with zero attached hydrogens (tertiary/aromatic N) is 2.